The van der Waals surface area contributed by atoms with Crippen molar-refractivity contribution in [3.05, 3.63) is 70.9 Å². The van der Waals surface area contributed by atoms with Crippen molar-refractivity contribution in [1.82, 2.24) is 15.8 Å². The molecule has 3 rings (SSSR count). The normalized spacial score (nSPS) is 11.5. The van der Waals surface area contributed by atoms with Crippen molar-refractivity contribution in [2.45, 2.75) is 20.5 Å². The van der Waals surface area contributed by atoms with Crippen LogP contribution in [0.15, 0.2) is 58.2 Å². The Hall–Kier alpha value is -3.19. The number of aryl methyl sites for hydroxylation is 2. The van der Waals surface area contributed by atoms with Gasteiger partial charge in [-0.15, -0.1) is 0 Å². The summed E-state index contributed by atoms with van der Waals surface area (Å²) in [6.07, 6.45) is 0. The number of nitrogens with two attached hydrogens (primary N) is 1. The monoisotopic (exact) mass is 337 g/mol. The van der Waals surface area contributed by atoms with Gasteiger partial charge in [0.2, 0.25) is 0 Å². The van der Waals surface area contributed by atoms with Crippen LogP contribution in [0.4, 0.5) is 11.5 Å². The molecule has 0 amide bonds. The van der Waals surface area contributed by atoms with Crippen LogP contribution in [0.5, 0.6) is 0 Å². The Labute approximate surface area is 145 Å². The Bertz CT molecular complexity index is 874. The largest absolute Gasteiger partial charge is 0.379 e. The van der Waals surface area contributed by atoms with Gasteiger partial charge in [-0.05, 0) is 53.0 Å². The maximum Gasteiger partial charge on any atom is 0.199 e. The van der Waals surface area contributed by atoms with Gasteiger partial charge in [-0.3, -0.25) is 4.84 Å². The molecular formula is C18H19N5O2. The number of hydroxylamine groups is 1. The van der Waals surface area contributed by atoms with Crippen LogP contribution in [-0.4, -0.2) is 16.1 Å². The molecule has 0 aliphatic heterocycles. The summed E-state index contributed by atoms with van der Waals surface area (Å²) in [4.78, 5) is 10.1. The van der Waals surface area contributed by atoms with Crippen molar-refractivity contribution < 1.29 is 9.47 Å². The lowest BCUT2D eigenvalue weighted by atomic mass is 10.1. The van der Waals surface area contributed by atoms with Crippen molar-refractivity contribution in [2.24, 2.45) is 4.99 Å². The Morgan fingerprint density at radius 3 is 2.60 bits per heavy atom. The number of nitrogen functional groups attached to an aromatic ring is 1. The number of anilines is 1. The molecule has 7 nitrogen and oxygen atoms in total. The van der Waals surface area contributed by atoms with Crippen LogP contribution in [0.1, 0.15) is 22.4 Å². The van der Waals surface area contributed by atoms with Crippen LogP contribution in [0.3, 0.4) is 0 Å². The predicted molar refractivity (Wildman–Crippen MR) is 95.2 cm³/mol. The van der Waals surface area contributed by atoms with Gasteiger partial charge in [0.25, 0.3) is 0 Å². The van der Waals surface area contributed by atoms with Gasteiger partial charge in [0.05, 0.1) is 12.3 Å². The van der Waals surface area contributed by atoms with Crippen molar-refractivity contribution in [1.29, 1.82) is 0 Å². The molecule has 1 heterocycles. The molecule has 0 aliphatic rings. The number of hydrogen-bond acceptors (Lipinski definition) is 6. The van der Waals surface area contributed by atoms with Gasteiger partial charge in [0.15, 0.2) is 17.3 Å². The third kappa shape index (κ3) is 4.21. The zero-order valence-corrected chi connectivity index (χ0v) is 14.1. The highest BCUT2D eigenvalue weighted by molar-refractivity contribution is 6.01. The number of amidine groups is 1. The van der Waals surface area contributed by atoms with Crippen molar-refractivity contribution >= 4 is 17.3 Å². The summed E-state index contributed by atoms with van der Waals surface area (Å²) in [6, 6.07) is 15.7. The van der Waals surface area contributed by atoms with E-state index in [2.05, 4.69) is 25.4 Å². The van der Waals surface area contributed by atoms with Gasteiger partial charge < -0.3 is 5.73 Å². The number of aliphatic imine (C=N–C) groups is 1. The average molecular weight is 337 g/mol. The fraction of sp³-hybridized carbons (Fsp3) is 0.167. The summed E-state index contributed by atoms with van der Waals surface area (Å²) in [5.74, 6) is 0.469. The Morgan fingerprint density at radius 1 is 1.12 bits per heavy atom. The lowest BCUT2D eigenvalue weighted by Crippen LogP contribution is -2.25. The van der Waals surface area contributed by atoms with Crippen molar-refractivity contribution in [3.8, 4) is 0 Å². The van der Waals surface area contributed by atoms with Crippen LogP contribution in [0.25, 0.3) is 0 Å². The molecule has 2 aromatic carbocycles. The standard InChI is InChI=1S/C18H19N5O2/c1-12-8-9-15(10-13(12)2)20-18(16-17(19)22-25-21-16)23-24-11-14-6-4-3-5-7-14/h3-10H,11H2,1-2H3,(H2,19,22)(H,20,23). The first kappa shape index (κ1) is 16.7. The molecule has 0 saturated heterocycles. The van der Waals surface area contributed by atoms with E-state index in [9.17, 15) is 0 Å². The molecule has 0 aliphatic carbocycles. The van der Waals surface area contributed by atoms with E-state index in [1.54, 1.807) is 0 Å². The topological polar surface area (TPSA) is 98.6 Å². The minimum atomic E-state index is 0.137. The molecule has 7 heteroatoms. The lowest BCUT2D eigenvalue weighted by molar-refractivity contribution is 0.0713. The van der Waals surface area contributed by atoms with Gasteiger partial charge in [0, 0.05) is 0 Å². The van der Waals surface area contributed by atoms with Gasteiger partial charge in [-0.25, -0.2) is 15.1 Å². The van der Waals surface area contributed by atoms with E-state index >= 15 is 0 Å². The molecule has 0 saturated carbocycles. The molecule has 1 aromatic heterocycles. The van der Waals surface area contributed by atoms with Gasteiger partial charge in [-0.2, -0.15) is 0 Å². The van der Waals surface area contributed by atoms with E-state index in [1.165, 1.54) is 5.56 Å². The zero-order chi connectivity index (χ0) is 17.6. The van der Waals surface area contributed by atoms with Crippen LogP contribution in [-0.2, 0) is 11.4 Å². The van der Waals surface area contributed by atoms with Gasteiger partial charge >= 0.3 is 0 Å². The number of nitrogens with zero attached hydrogens (tertiary/aromatic N) is 3. The molecule has 3 N–H and O–H groups in total. The first-order valence-electron chi connectivity index (χ1n) is 7.79. The molecule has 0 unspecified atom stereocenters. The van der Waals surface area contributed by atoms with Gasteiger partial charge in [0.1, 0.15) is 0 Å². The molecule has 3 aromatic rings. The number of benzene rings is 2. The first-order chi connectivity index (χ1) is 12.1. The summed E-state index contributed by atoms with van der Waals surface area (Å²) < 4.78 is 4.67. The predicted octanol–water partition coefficient (Wildman–Crippen LogP) is 3.07. The maximum atomic E-state index is 5.79. The van der Waals surface area contributed by atoms with Crippen LogP contribution in [0, 0.1) is 13.8 Å². The molecule has 25 heavy (non-hydrogen) atoms. The van der Waals surface area contributed by atoms with Crippen molar-refractivity contribution in [3.63, 3.8) is 0 Å². The molecule has 0 fully saturated rings. The molecule has 0 bridgehead atoms. The Kier molecular flexibility index (Phi) is 5.06. The van der Waals surface area contributed by atoms with E-state index in [1.807, 2.05) is 62.4 Å². The summed E-state index contributed by atoms with van der Waals surface area (Å²) >= 11 is 0. The van der Waals surface area contributed by atoms with E-state index in [0.29, 0.717) is 18.1 Å². The smallest absolute Gasteiger partial charge is 0.199 e. The molecule has 0 spiro atoms. The summed E-state index contributed by atoms with van der Waals surface area (Å²) in [5.41, 5.74) is 13.0. The number of hydrogen-bond donors (Lipinski definition) is 2. The van der Waals surface area contributed by atoms with E-state index in [4.69, 9.17) is 10.6 Å². The van der Waals surface area contributed by atoms with E-state index in [0.717, 1.165) is 16.8 Å². The second-order valence-electron chi connectivity index (χ2n) is 5.60. The van der Waals surface area contributed by atoms with Crippen molar-refractivity contribution in [2.75, 3.05) is 5.73 Å². The molecule has 128 valence electrons. The van der Waals surface area contributed by atoms with Gasteiger partial charge in [-0.1, -0.05) is 36.4 Å². The first-order valence-corrected chi connectivity index (χ1v) is 7.79. The Balaban J connectivity index is 1.81. The Morgan fingerprint density at radius 2 is 1.92 bits per heavy atom. The van der Waals surface area contributed by atoms with E-state index in [-0.39, 0.29) is 5.82 Å². The fourth-order valence-corrected chi connectivity index (χ4v) is 2.17. The number of rotatable bonds is 5. The minimum Gasteiger partial charge on any atom is -0.379 e. The number of nitrogens with one attached hydrogen (secondary N) is 1. The second kappa shape index (κ2) is 7.59. The lowest BCUT2D eigenvalue weighted by Gasteiger charge is -2.09. The highest BCUT2D eigenvalue weighted by atomic mass is 16.6. The second-order valence-corrected chi connectivity index (χ2v) is 5.60. The van der Waals surface area contributed by atoms with Crippen LogP contribution < -0.4 is 11.2 Å². The highest BCUT2D eigenvalue weighted by Crippen LogP contribution is 2.19. The third-order valence-electron chi connectivity index (χ3n) is 3.72. The fourth-order valence-electron chi connectivity index (χ4n) is 2.17. The molecule has 0 radical (unpaired) electrons. The van der Waals surface area contributed by atoms with Crippen LogP contribution >= 0.6 is 0 Å². The highest BCUT2D eigenvalue weighted by Gasteiger charge is 2.15. The maximum absolute atomic E-state index is 5.79. The zero-order valence-electron chi connectivity index (χ0n) is 14.1. The SMILES string of the molecule is Cc1ccc(N=C(NOCc2ccccc2)c2nonc2N)cc1C. The molecular weight excluding hydrogens is 318 g/mol. The summed E-state index contributed by atoms with van der Waals surface area (Å²) in [6.45, 7) is 4.43. The quantitative estimate of drug-likeness (QED) is 0.422. The third-order valence-corrected chi connectivity index (χ3v) is 3.72. The minimum absolute atomic E-state index is 0.137. The van der Waals surface area contributed by atoms with E-state index < -0.39 is 0 Å². The van der Waals surface area contributed by atoms with Crippen LogP contribution in [0.2, 0.25) is 0 Å². The summed E-state index contributed by atoms with van der Waals surface area (Å²) in [7, 11) is 0. The molecule has 0 atom stereocenters. The number of aromatic nitrogens is 2. The average Bonchev–Trinajstić information content (AvgIpc) is 3.04. The summed E-state index contributed by atoms with van der Waals surface area (Å²) in [5, 5.41) is 7.39.